The Kier molecular flexibility index (Phi) is 2.32. The summed E-state index contributed by atoms with van der Waals surface area (Å²) >= 11 is 0. The maximum atomic E-state index is 4.34. The molecule has 0 saturated carbocycles. The standard InChI is InChI=1S/C14H10N6/c1-4-11-9(3-2-6-15-11)12(5-1)19-13-10-7-18-20-14(10)17-8-16-13/h1-8H,(H2,16,17,18,19,20). The fourth-order valence-corrected chi connectivity index (χ4v) is 2.20. The van der Waals surface area contributed by atoms with E-state index < -0.39 is 0 Å². The number of aromatic amines is 1. The third-order valence-electron chi connectivity index (χ3n) is 3.15. The molecule has 0 bridgehead atoms. The summed E-state index contributed by atoms with van der Waals surface area (Å²) in [6.45, 7) is 0. The molecule has 6 heteroatoms. The summed E-state index contributed by atoms with van der Waals surface area (Å²) < 4.78 is 0. The van der Waals surface area contributed by atoms with Gasteiger partial charge in [0.05, 0.1) is 17.1 Å². The van der Waals surface area contributed by atoms with Gasteiger partial charge in [-0.1, -0.05) is 6.07 Å². The predicted molar refractivity (Wildman–Crippen MR) is 76.7 cm³/mol. The molecule has 1 aromatic carbocycles. The second kappa shape index (κ2) is 4.27. The second-order valence-electron chi connectivity index (χ2n) is 4.36. The highest BCUT2D eigenvalue weighted by Crippen LogP contribution is 2.26. The molecule has 6 nitrogen and oxygen atoms in total. The van der Waals surface area contributed by atoms with Gasteiger partial charge >= 0.3 is 0 Å². The fourth-order valence-electron chi connectivity index (χ4n) is 2.20. The van der Waals surface area contributed by atoms with Crippen molar-refractivity contribution in [2.75, 3.05) is 5.32 Å². The number of nitrogens with one attached hydrogen (secondary N) is 2. The van der Waals surface area contributed by atoms with Crippen LogP contribution in [0.25, 0.3) is 21.9 Å². The SMILES string of the molecule is c1cc(Nc2ncnc3[nH]ncc23)c2cccnc2c1. The first-order chi connectivity index (χ1) is 9.92. The smallest absolute Gasteiger partial charge is 0.160 e. The average Bonchev–Trinajstić information content (AvgIpc) is 2.97. The lowest BCUT2D eigenvalue weighted by molar-refractivity contribution is 1.09. The minimum Gasteiger partial charge on any atom is -0.339 e. The number of anilines is 2. The van der Waals surface area contributed by atoms with Gasteiger partial charge in [0, 0.05) is 17.3 Å². The molecule has 20 heavy (non-hydrogen) atoms. The molecule has 3 aromatic heterocycles. The molecule has 4 rings (SSSR count). The van der Waals surface area contributed by atoms with Crippen LogP contribution in [0.2, 0.25) is 0 Å². The monoisotopic (exact) mass is 262 g/mol. The van der Waals surface area contributed by atoms with Gasteiger partial charge in [0.2, 0.25) is 0 Å². The van der Waals surface area contributed by atoms with E-state index in [1.807, 2.05) is 30.3 Å². The van der Waals surface area contributed by atoms with Gasteiger partial charge in [0.15, 0.2) is 5.65 Å². The van der Waals surface area contributed by atoms with Crippen LogP contribution in [-0.4, -0.2) is 25.1 Å². The van der Waals surface area contributed by atoms with E-state index in [4.69, 9.17) is 0 Å². The third kappa shape index (κ3) is 1.66. The van der Waals surface area contributed by atoms with Crippen LogP contribution in [-0.2, 0) is 0 Å². The zero-order chi connectivity index (χ0) is 13.4. The number of H-pyrrole nitrogens is 1. The van der Waals surface area contributed by atoms with Crippen LogP contribution in [0, 0.1) is 0 Å². The molecular formula is C14H10N6. The first-order valence-electron chi connectivity index (χ1n) is 6.17. The number of hydrogen-bond acceptors (Lipinski definition) is 5. The summed E-state index contributed by atoms with van der Waals surface area (Å²) in [6.07, 6.45) is 5.00. The summed E-state index contributed by atoms with van der Waals surface area (Å²) in [5.41, 5.74) is 2.60. The molecule has 0 radical (unpaired) electrons. The Morgan fingerprint density at radius 1 is 0.950 bits per heavy atom. The fraction of sp³-hybridized carbons (Fsp3) is 0. The first kappa shape index (κ1) is 10.9. The molecule has 0 amide bonds. The number of fused-ring (bicyclic) bond motifs is 2. The van der Waals surface area contributed by atoms with Gasteiger partial charge in [-0.25, -0.2) is 9.97 Å². The summed E-state index contributed by atoms with van der Waals surface area (Å²) in [5, 5.41) is 12.0. The van der Waals surface area contributed by atoms with Crippen molar-refractivity contribution < 1.29 is 0 Å². The molecule has 2 N–H and O–H groups in total. The van der Waals surface area contributed by atoms with Crippen molar-refractivity contribution in [3.8, 4) is 0 Å². The van der Waals surface area contributed by atoms with E-state index in [0.717, 1.165) is 27.8 Å². The second-order valence-corrected chi connectivity index (χ2v) is 4.36. The summed E-state index contributed by atoms with van der Waals surface area (Å²) in [7, 11) is 0. The first-order valence-corrected chi connectivity index (χ1v) is 6.17. The lowest BCUT2D eigenvalue weighted by Crippen LogP contribution is -1.96. The molecule has 0 unspecified atom stereocenters. The Hall–Kier alpha value is -3.02. The van der Waals surface area contributed by atoms with Crippen LogP contribution in [0.5, 0.6) is 0 Å². The van der Waals surface area contributed by atoms with E-state index in [-0.39, 0.29) is 0 Å². The number of rotatable bonds is 2. The van der Waals surface area contributed by atoms with Crippen molar-refractivity contribution >= 4 is 33.4 Å². The van der Waals surface area contributed by atoms with Gasteiger partial charge in [-0.2, -0.15) is 5.10 Å². The Balaban J connectivity index is 1.87. The Morgan fingerprint density at radius 2 is 1.95 bits per heavy atom. The zero-order valence-corrected chi connectivity index (χ0v) is 10.4. The van der Waals surface area contributed by atoms with Crippen molar-refractivity contribution in [3.05, 3.63) is 49.1 Å². The van der Waals surface area contributed by atoms with Crippen LogP contribution in [0.3, 0.4) is 0 Å². The van der Waals surface area contributed by atoms with E-state index >= 15 is 0 Å². The predicted octanol–water partition coefficient (Wildman–Crippen LogP) is 2.64. The van der Waals surface area contributed by atoms with E-state index in [1.165, 1.54) is 6.33 Å². The number of nitrogens with zero attached hydrogens (tertiary/aromatic N) is 4. The molecule has 0 atom stereocenters. The number of benzene rings is 1. The van der Waals surface area contributed by atoms with Gasteiger partial charge in [0.1, 0.15) is 12.1 Å². The minimum atomic E-state index is 0.709. The topological polar surface area (TPSA) is 79.4 Å². The Morgan fingerprint density at radius 3 is 2.95 bits per heavy atom. The van der Waals surface area contributed by atoms with Crippen LogP contribution >= 0.6 is 0 Å². The quantitative estimate of drug-likeness (QED) is 0.580. The Labute approximate surface area is 113 Å². The normalized spacial score (nSPS) is 11.0. The molecule has 0 spiro atoms. The summed E-state index contributed by atoms with van der Waals surface area (Å²) in [4.78, 5) is 12.7. The van der Waals surface area contributed by atoms with Crippen LogP contribution < -0.4 is 5.32 Å². The molecule has 0 aliphatic rings. The highest BCUT2D eigenvalue weighted by molar-refractivity contribution is 5.96. The van der Waals surface area contributed by atoms with Gasteiger partial charge < -0.3 is 5.32 Å². The van der Waals surface area contributed by atoms with E-state index in [9.17, 15) is 0 Å². The van der Waals surface area contributed by atoms with Crippen molar-refractivity contribution in [1.82, 2.24) is 25.1 Å². The average molecular weight is 262 g/mol. The molecule has 0 aliphatic heterocycles. The molecule has 4 aromatic rings. The molecular weight excluding hydrogens is 252 g/mol. The lowest BCUT2D eigenvalue weighted by Gasteiger charge is -2.08. The van der Waals surface area contributed by atoms with Crippen LogP contribution in [0.4, 0.5) is 11.5 Å². The molecule has 96 valence electrons. The van der Waals surface area contributed by atoms with Gasteiger partial charge in [0.25, 0.3) is 0 Å². The molecule has 3 heterocycles. The number of aromatic nitrogens is 5. The molecule has 0 fully saturated rings. The van der Waals surface area contributed by atoms with E-state index in [0.29, 0.717) is 5.65 Å². The van der Waals surface area contributed by atoms with E-state index in [1.54, 1.807) is 12.4 Å². The molecule has 0 aliphatic carbocycles. The maximum Gasteiger partial charge on any atom is 0.160 e. The summed E-state index contributed by atoms with van der Waals surface area (Å²) in [5.74, 6) is 0.722. The van der Waals surface area contributed by atoms with Crippen LogP contribution in [0.1, 0.15) is 0 Å². The van der Waals surface area contributed by atoms with Crippen molar-refractivity contribution in [2.45, 2.75) is 0 Å². The van der Waals surface area contributed by atoms with Crippen LogP contribution in [0.15, 0.2) is 49.1 Å². The summed E-state index contributed by atoms with van der Waals surface area (Å²) in [6, 6.07) is 9.89. The largest absolute Gasteiger partial charge is 0.339 e. The minimum absolute atomic E-state index is 0.709. The van der Waals surface area contributed by atoms with E-state index in [2.05, 4.69) is 30.5 Å². The lowest BCUT2D eigenvalue weighted by atomic mass is 10.2. The Bertz CT molecular complexity index is 893. The molecule has 0 saturated heterocycles. The zero-order valence-electron chi connectivity index (χ0n) is 10.4. The van der Waals surface area contributed by atoms with Crippen molar-refractivity contribution in [1.29, 1.82) is 0 Å². The van der Waals surface area contributed by atoms with Crippen molar-refractivity contribution in [3.63, 3.8) is 0 Å². The maximum absolute atomic E-state index is 4.34. The number of pyridine rings is 1. The highest BCUT2D eigenvalue weighted by atomic mass is 15.2. The number of hydrogen-bond donors (Lipinski definition) is 2. The van der Waals surface area contributed by atoms with Crippen molar-refractivity contribution in [2.24, 2.45) is 0 Å². The van der Waals surface area contributed by atoms with Gasteiger partial charge in [-0.05, 0) is 24.3 Å². The van der Waals surface area contributed by atoms with Gasteiger partial charge in [-0.3, -0.25) is 10.1 Å². The van der Waals surface area contributed by atoms with Gasteiger partial charge in [-0.15, -0.1) is 0 Å². The highest BCUT2D eigenvalue weighted by Gasteiger charge is 2.07. The third-order valence-corrected chi connectivity index (χ3v) is 3.15.